The van der Waals surface area contributed by atoms with Gasteiger partial charge in [-0.2, -0.15) is 5.10 Å². The number of aryl methyl sites for hydroxylation is 1. The summed E-state index contributed by atoms with van der Waals surface area (Å²) in [6.07, 6.45) is 6.93. The van der Waals surface area contributed by atoms with E-state index in [1.165, 1.54) is 11.3 Å². The molecule has 0 spiro atoms. The van der Waals surface area contributed by atoms with E-state index in [0.29, 0.717) is 0 Å². The van der Waals surface area contributed by atoms with Crippen molar-refractivity contribution < 1.29 is 0 Å². The normalized spacial score (nSPS) is 10.7. The van der Waals surface area contributed by atoms with Crippen molar-refractivity contribution in [2.45, 2.75) is 13.0 Å². The minimum absolute atomic E-state index is 0.896. The van der Waals surface area contributed by atoms with E-state index in [2.05, 4.69) is 27.7 Å². The first-order valence-electron chi connectivity index (χ1n) is 5.15. The van der Waals surface area contributed by atoms with Gasteiger partial charge in [0.1, 0.15) is 0 Å². The molecule has 4 heteroatoms. The Morgan fingerprint density at radius 2 is 2.47 bits per heavy atom. The van der Waals surface area contributed by atoms with Gasteiger partial charge in [0.15, 0.2) is 0 Å². The summed E-state index contributed by atoms with van der Waals surface area (Å²) in [6.45, 7) is 1.87. The molecule has 0 aliphatic rings. The molecule has 0 unspecified atom stereocenters. The molecule has 0 atom stereocenters. The van der Waals surface area contributed by atoms with Crippen molar-refractivity contribution in [3.05, 3.63) is 42.0 Å². The summed E-state index contributed by atoms with van der Waals surface area (Å²) in [6, 6.07) is 4.09. The lowest BCUT2D eigenvalue weighted by molar-refractivity contribution is 0.677. The number of nitrogens with one attached hydrogen (secondary N) is 2. The van der Waals surface area contributed by atoms with Gasteiger partial charge in [-0.1, -0.05) is 0 Å². The maximum absolute atomic E-state index is 4.13. The zero-order valence-electron chi connectivity index (χ0n) is 8.90. The molecule has 2 aromatic heterocycles. The fourth-order valence-electron chi connectivity index (χ4n) is 1.53. The minimum Gasteiger partial charge on any atom is -0.364 e. The molecule has 0 bridgehead atoms. The lowest BCUT2D eigenvalue weighted by Gasteiger charge is -2.01. The summed E-state index contributed by atoms with van der Waals surface area (Å²) in [7, 11) is 1.94. The van der Waals surface area contributed by atoms with Crippen LogP contribution in [0.4, 0.5) is 0 Å². The van der Waals surface area contributed by atoms with Crippen LogP contribution in [0.5, 0.6) is 0 Å². The summed E-state index contributed by atoms with van der Waals surface area (Å²) in [5.41, 5.74) is 2.50. The molecule has 4 nitrogen and oxygen atoms in total. The highest BCUT2D eigenvalue weighted by atomic mass is 15.2. The van der Waals surface area contributed by atoms with Gasteiger partial charge < -0.3 is 10.3 Å². The third-order valence-electron chi connectivity index (χ3n) is 2.33. The van der Waals surface area contributed by atoms with Crippen molar-refractivity contribution in [2.24, 2.45) is 7.05 Å². The number of hydrogen-bond donors (Lipinski definition) is 2. The predicted molar refractivity (Wildman–Crippen MR) is 59.4 cm³/mol. The molecule has 2 rings (SSSR count). The highest BCUT2D eigenvalue weighted by Crippen LogP contribution is 1.97. The van der Waals surface area contributed by atoms with Gasteiger partial charge in [0.05, 0.1) is 6.20 Å². The summed E-state index contributed by atoms with van der Waals surface area (Å²) < 4.78 is 1.83. The molecule has 80 valence electrons. The van der Waals surface area contributed by atoms with E-state index in [9.17, 15) is 0 Å². The second kappa shape index (κ2) is 4.79. The van der Waals surface area contributed by atoms with Gasteiger partial charge in [-0.15, -0.1) is 0 Å². The van der Waals surface area contributed by atoms with Gasteiger partial charge in [0.2, 0.25) is 0 Å². The zero-order valence-corrected chi connectivity index (χ0v) is 8.90. The summed E-state index contributed by atoms with van der Waals surface area (Å²) in [5.74, 6) is 0. The molecule has 0 amide bonds. The Bertz CT molecular complexity index is 388. The number of nitrogens with zero attached hydrogens (tertiary/aromatic N) is 2. The lowest BCUT2D eigenvalue weighted by Crippen LogP contribution is -2.16. The Kier molecular flexibility index (Phi) is 3.19. The largest absolute Gasteiger partial charge is 0.364 e. The van der Waals surface area contributed by atoms with Crippen LogP contribution in [0, 0.1) is 0 Å². The first kappa shape index (κ1) is 9.98. The Hall–Kier alpha value is -1.55. The van der Waals surface area contributed by atoms with E-state index in [-0.39, 0.29) is 0 Å². The van der Waals surface area contributed by atoms with E-state index >= 15 is 0 Å². The van der Waals surface area contributed by atoms with Crippen LogP contribution in [0.25, 0.3) is 0 Å². The molecule has 2 heterocycles. The van der Waals surface area contributed by atoms with Gasteiger partial charge in [-0.25, -0.2) is 0 Å². The average Bonchev–Trinajstić information content (AvgIpc) is 2.84. The second-order valence-corrected chi connectivity index (χ2v) is 3.64. The van der Waals surface area contributed by atoms with Crippen LogP contribution < -0.4 is 5.32 Å². The first-order valence-corrected chi connectivity index (χ1v) is 5.15. The summed E-state index contributed by atoms with van der Waals surface area (Å²) in [4.78, 5) is 3.16. The lowest BCUT2D eigenvalue weighted by atomic mass is 10.2. The number of aromatic nitrogens is 3. The highest BCUT2D eigenvalue weighted by Gasteiger charge is 1.96. The Balaban J connectivity index is 1.67. The van der Waals surface area contributed by atoms with Gasteiger partial charge in [0.25, 0.3) is 0 Å². The fraction of sp³-hybridized carbons (Fsp3) is 0.364. The topological polar surface area (TPSA) is 45.6 Å². The monoisotopic (exact) mass is 204 g/mol. The van der Waals surface area contributed by atoms with Crippen molar-refractivity contribution in [2.75, 3.05) is 6.54 Å². The second-order valence-electron chi connectivity index (χ2n) is 3.64. The number of H-pyrrole nitrogens is 1. The Labute approximate surface area is 89.3 Å². The number of hydrogen-bond acceptors (Lipinski definition) is 2. The van der Waals surface area contributed by atoms with Crippen molar-refractivity contribution in [3.63, 3.8) is 0 Å². The van der Waals surface area contributed by atoms with Crippen LogP contribution in [0.15, 0.2) is 30.7 Å². The van der Waals surface area contributed by atoms with Crippen molar-refractivity contribution >= 4 is 0 Å². The van der Waals surface area contributed by atoms with Crippen molar-refractivity contribution in [3.8, 4) is 0 Å². The van der Waals surface area contributed by atoms with E-state index in [1.807, 2.05) is 30.2 Å². The van der Waals surface area contributed by atoms with Crippen molar-refractivity contribution in [1.82, 2.24) is 20.1 Å². The third kappa shape index (κ3) is 2.95. The predicted octanol–water partition coefficient (Wildman–Crippen LogP) is 1.08. The molecule has 0 saturated carbocycles. The Morgan fingerprint density at radius 1 is 1.53 bits per heavy atom. The molecular weight excluding hydrogens is 188 g/mol. The molecule has 0 saturated heterocycles. The molecule has 2 aromatic rings. The van der Waals surface area contributed by atoms with E-state index in [4.69, 9.17) is 0 Å². The molecule has 0 radical (unpaired) electrons. The zero-order chi connectivity index (χ0) is 10.5. The summed E-state index contributed by atoms with van der Waals surface area (Å²) >= 11 is 0. The number of aromatic amines is 1. The van der Waals surface area contributed by atoms with E-state index in [1.54, 1.807) is 0 Å². The third-order valence-corrected chi connectivity index (χ3v) is 2.33. The van der Waals surface area contributed by atoms with Crippen LogP contribution in [-0.2, 0) is 20.0 Å². The van der Waals surface area contributed by atoms with E-state index < -0.39 is 0 Å². The minimum atomic E-state index is 0.896. The standard InChI is InChI=1S/C11H16N4/c1-15-9-10(7-14-15)4-6-12-8-11-3-2-5-13-11/h2-3,5,7,9,12-13H,4,6,8H2,1H3. The van der Waals surface area contributed by atoms with Crippen LogP contribution in [-0.4, -0.2) is 21.3 Å². The highest BCUT2D eigenvalue weighted by molar-refractivity contribution is 5.05. The molecule has 2 N–H and O–H groups in total. The molecule has 15 heavy (non-hydrogen) atoms. The van der Waals surface area contributed by atoms with Crippen molar-refractivity contribution in [1.29, 1.82) is 0 Å². The quantitative estimate of drug-likeness (QED) is 0.716. The van der Waals surface area contributed by atoms with E-state index in [0.717, 1.165) is 19.5 Å². The van der Waals surface area contributed by atoms with Crippen LogP contribution in [0.1, 0.15) is 11.3 Å². The van der Waals surface area contributed by atoms with Gasteiger partial charge >= 0.3 is 0 Å². The maximum atomic E-state index is 4.13. The summed E-state index contributed by atoms with van der Waals surface area (Å²) in [5, 5.41) is 7.51. The van der Waals surface area contributed by atoms with Gasteiger partial charge in [0, 0.05) is 31.7 Å². The van der Waals surface area contributed by atoms with Crippen LogP contribution in [0.3, 0.4) is 0 Å². The van der Waals surface area contributed by atoms with Gasteiger partial charge in [-0.05, 0) is 30.7 Å². The smallest absolute Gasteiger partial charge is 0.0522 e. The average molecular weight is 204 g/mol. The number of rotatable bonds is 5. The van der Waals surface area contributed by atoms with Crippen LogP contribution >= 0.6 is 0 Å². The van der Waals surface area contributed by atoms with Crippen LogP contribution in [0.2, 0.25) is 0 Å². The molecular formula is C11H16N4. The first-order chi connectivity index (χ1) is 7.34. The fourth-order valence-corrected chi connectivity index (χ4v) is 1.53. The molecule has 0 aliphatic heterocycles. The molecule has 0 aromatic carbocycles. The molecule has 0 aliphatic carbocycles. The Morgan fingerprint density at radius 3 is 3.13 bits per heavy atom. The SMILES string of the molecule is Cn1cc(CCNCc2ccc[nH]2)cn1. The molecule has 0 fully saturated rings. The maximum Gasteiger partial charge on any atom is 0.0522 e. The van der Waals surface area contributed by atoms with Gasteiger partial charge in [-0.3, -0.25) is 4.68 Å².